The molecular formula is C21H22N4O5S2. The van der Waals surface area contributed by atoms with E-state index in [4.69, 9.17) is 14.2 Å². The molecule has 32 heavy (non-hydrogen) atoms. The van der Waals surface area contributed by atoms with Gasteiger partial charge in [0, 0.05) is 11.3 Å². The summed E-state index contributed by atoms with van der Waals surface area (Å²) in [6, 6.07) is 12.0. The van der Waals surface area contributed by atoms with Crippen LogP contribution in [0.1, 0.15) is 17.3 Å². The van der Waals surface area contributed by atoms with E-state index in [0.29, 0.717) is 38.8 Å². The fourth-order valence-corrected chi connectivity index (χ4v) is 4.14. The Hall–Kier alpha value is -3.31. The highest BCUT2D eigenvalue weighted by Gasteiger charge is 2.14. The molecule has 0 fully saturated rings. The van der Waals surface area contributed by atoms with Crippen LogP contribution in [0.3, 0.4) is 0 Å². The van der Waals surface area contributed by atoms with Crippen molar-refractivity contribution in [1.29, 1.82) is 0 Å². The highest BCUT2D eigenvalue weighted by molar-refractivity contribution is 8.01. The molecule has 1 aromatic heterocycles. The molecule has 0 aliphatic heterocycles. The van der Waals surface area contributed by atoms with Crippen LogP contribution in [0.15, 0.2) is 46.8 Å². The molecule has 0 aliphatic rings. The maximum Gasteiger partial charge on any atom is 0.257 e. The third kappa shape index (κ3) is 6.34. The van der Waals surface area contributed by atoms with Crippen molar-refractivity contribution >= 4 is 45.7 Å². The number of aromatic nitrogens is 2. The molecule has 0 saturated heterocycles. The monoisotopic (exact) mass is 474 g/mol. The van der Waals surface area contributed by atoms with Gasteiger partial charge in [-0.15, -0.1) is 10.2 Å². The largest absolute Gasteiger partial charge is 0.494 e. The maximum atomic E-state index is 12.5. The molecule has 1 heterocycles. The van der Waals surface area contributed by atoms with E-state index < -0.39 is 0 Å². The van der Waals surface area contributed by atoms with Gasteiger partial charge in [0.25, 0.3) is 5.91 Å². The summed E-state index contributed by atoms with van der Waals surface area (Å²) in [5, 5.41) is 13.8. The first-order valence-corrected chi connectivity index (χ1v) is 11.3. The average Bonchev–Trinajstić information content (AvgIpc) is 3.26. The highest BCUT2D eigenvalue weighted by Crippen LogP contribution is 2.29. The minimum Gasteiger partial charge on any atom is -0.494 e. The Morgan fingerprint density at radius 2 is 1.75 bits per heavy atom. The lowest BCUT2D eigenvalue weighted by atomic mass is 10.2. The molecule has 0 saturated carbocycles. The van der Waals surface area contributed by atoms with Crippen molar-refractivity contribution in [3.8, 4) is 17.2 Å². The second kappa shape index (κ2) is 11.3. The molecule has 11 heteroatoms. The number of hydrogen-bond donors (Lipinski definition) is 2. The van der Waals surface area contributed by atoms with Crippen LogP contribution in [0.25, 0.3) is 0 Å². The van der Waals surface area contributed by atoms with E-state index in [-0.39, 0.29) is 17.6 Å². The van der Waals surface area contributed by atoms with E-state index in [1.54, 1.807) is 42.5 Å². The summed E-state index contributed by atoms with van der Waals surface area (Å²) in [6.45, 7) is 2.49. The standard InChI is InChI=1S/C21H22N4O5S2/c1-4-30-15-8-6-14(7-9-15)22-18(26)12-31-21-25-24-20(32-21)23-19(27)13-5-10-16(28-2)17(11-13)29-3/h5-11H,4,12H2,1-3H3,(H,22,26)(H,23,24,27). The van der Waals surface area contributed by atoms with E-state index in [1.807, 2.05) is 6.92 Å². The fourth-order valence-electron chi connectivity index (χ4n) is 2.59. The van der Waals surface area contributed by atoms with Crippen molar-refractivity contribution in [2.24, 2.45) is 0 Å². The Balaban J connectivity index is 1.51. The van der Waals surface area contributed by atoms with Gasteiger partial charge in [-0.2, -0.15) is 0 Å². The van der Waals surface area contributed by atoms with Crippen LogP contribution in [0.2, 0.25) is 0 Å². The van der Waals surface area contributed by atoms with Gasteiger partial charge in [0.15, 0.2) is 15.8 Å². The van der Waals surface area contributed by atoms with Gasteiger partial charge in [-0.3, -0.25) is 14.9 Å². The number of carbonyl (C=O) groups is 2. The number of nitrogens with one attached hydrogen (secondary N) is 2. The highest BCUT2D eigenvalue weighted by atomic mass is 32.2. The molecule has 0 radical (unpaired) electrons. The molecule has 0 aliphatic carbocycles. The van der Waals surface area contributed by atoms with Crippen LogP contribution in [-0.4, -0.2) is 48.6 Å². The summed E-state index contributed by atoms with van der Waals surface area (Å²) in [6.07, 6.45) is 0. The van der Waals surface area contributed by atoms with E-state index in [1.165, 1.54) is 37.3 Å². The number of nitrogens with zero attached hydrogens (tertiary/aromatic N) is 2. The van der Waals surface area contributed by atoms with Crippen molar-refractivity contribution in [3.63, 3.8) is 0 Å². The van der Waals surface area contributed by atoms with Gasteiger partial charge in [-0.05, 0) is 49.4 Å². The molecule has 3 aromatic rings. The molecule has 168 valence electrons. The predicted molar refractivity (Wildman–Crippen MR) is 124 cm³/mol. The zero-order valence-corrected chi connectivity index (χ0v) is 19.3. The second-order valence-electron chi connectivity index (χ2n) is 6.19. The van der Waals surface area contributed by atoms with Gasteiger partial charge >= 0.3 is 0 Å². The number of benzene rings is 2. The van der Waals surface area contributed by atoms with Gasteiger partial charge in [-0.25, -0.2) is 0 Å². The van der Waals surface area contributed by atoms with E-state index in [0.717, 1.165) is 5.75 Å². The summed E-state index contributed by atoms with van der Waals surface area (Å²) in [5.41, 5.74) is 1.07. The summed E-state index contributed by atoms with van der Waals surface area (Å²) < 4.78 is 16.3. The molecule has 0 unspecified atom stereocenters. The Kier molecular flexibility index (Phi) is 8.28. The first-order chi connectivity index (χ1) is 15.5. The normalized spacial score (nSPS) is 10.3. The number of hydrogen-bond acceptors (Lipinski definition) is 9. The van der Waals surface area contributed by atoms with Crippen LogP contribution in [0, 0.1) is 0 Å². The van der Waals surface area contributed by atoms with Gasteiger partial charge in [0.05, 0.1) is 26.6 Å². The van der Waals surface area contributed by atoms with Crippen molar-refractivity contribution in [2.45, 2.75) is 11.3 Å². The number of anilines is 2. The third-order valence-electron chi connectivity index (χ3n) is 4.05. The van der Waals surface area contributed by atoms with Crippen molar-refractivity contribution in [1.82, 2.24) is 10.2 Å². The first kappa shape index (κ1) is 23.4. The Morgan fingerprint density at radius 3 is 2.44 bits per heavy atom. The van der Waals surface area contributed by atoms with Gasteiger partial charge < -0.3 is 19.5 Å². The molecule has 2 N–H and O–H groups in total. The third-order valence-corrected chi connectivity index (χ3v) is 6.02. The number of methoxy groups -OCH3 is 2. The van der Waals surface area contributed by atoms with Gasteiger partial charge in [-0.1, -0.05) is 23.1 Å². The molecule has 2 amide bonds. The van der Waals surface area contributed by atoms with Crippen molar-refractivity contribution in [3.05, 3.63) is 48.0 Å². The fraction of sp³-hybridized carbons (Fsp3) is 0.238. The summed E-state index contributed by atoms with van der Waals surface area (Å²) in [7, 11) is 3.02. The summed E-state index contributed by atoms with van der Waals surface area (Å²) in [4.78, 5) is 24.7. The number of ether oxygens (including phenoxy) is 3. The lowest BCUT2D eigenvalue weighted by molar-refractivity contribution is -0.113. The Labute approximate surface area is 193 Å². The zero-order valence-electron chi connectivity index (χ0n) is 17.7. The average molecular weight is 475 g/mol. The van der Waals surface area contributed by atoms with Crippen molar-refractivity contribution in [2.75, 3.05) is 37.2 Å². The number of thioether (sulfide) groups is 1. The van der Waals surface area contributed by atoms with E-state index in [2.05, 4.69) is 20.8 Å². The van der Waals surface area contributed by atoms with E-state index >= 15 is 0 Å². The van der Waals surface area contributed by atoms with Crippen LogP contribution < -0.4 is 24.8 Å². The lowest BCUT2D eigenvalue weighted by Crippen LogP contribution is -2.13. The first-order valence-electron chi connectivity index (χ1n) is 9.54. The maximum absolute atomic E-state index is 12.5. The molecule has 9 nitrogen and oxygen atoms in total. The minimum atomic E-state index is -0.355. The molecule has 0 bridgehead atoms. The zero-order chi connectivity index (χ0) is 22.9. The molecule has 0 atom stereocenters. The molecular weight excluding hydrogens is 452 g/mol. The Morgan fingerprint density at radius 1 is 1.00 bits per heavy atom. The SMILES string of the molecule is CCOc1ccc(NC(=O)CSc2nnc(NC(=O)c3ccc(OC)c(OC)c3)s2)cc1. The summed E-state index contributed by atoms with van der Waals surface area (Å²) >= 11 is 2.42. The molecule has 0 spiro atoms. The van der Waals surface area contributed by atoms with Crippen LogP contribution in [-0.2, 0) is 4.79 Å². The van der Waals surface area contributed by atoms with Gasteiger partial charge in [0.2, 0.25) is 11.0 Å². The van der Waals surface area contributed by atoms with Gasteiger partial charge in [0.1, 0.15) is 5.75 Å². The molecule has 3 rings (SSSR count). The number of amides is 2. The molecule has 2 aromatic carbocycles. The van der Waals surface area contributed by atoms with E-state index in [9.17, 15) is 9.59 Å². The summed E-state index contributed by atoms with van der Waals surface area (Å²) in [5.74, 6) is 1.36. The Bertz CT molecular complexity index is 1070. The van der Waals surface area contributed by atoms with Crippen molar-refractivity contribution < 1.29 is 23.8 Å². The lowest BCUT2D eigenvalue weighted by Gasteiger charge is -2.08. The topological polar surface area (TPSA) is 112 Å². The predicted octanol–water partition coefficient (Wildman–Crippen LogP) is 3.94. The quantitative estimate of drug-likeness (QED) is 0.336. The second-order valence-corrected chi connectivity index (χ2v) is 8.39. The number of carbonyl (C=O) groups excluding carboxylic acids is 2. The van der Waals surface area contributed by atoms with Crippen LogP contribution in [0.5, 0.6) is 17.2 Å². The van der Waals surface area contributed by atoms with Crippen LogP contribution in [0.4, 0.5) is 10.8 Å². The van der Waals surface area contributed by atoms with Crippen LogP contribution >= 0.6 is 23.1 Å². The number of rotatable bonds is 10. The minimum absolute atomic E-state index is 0.158. The smallest absolute Gasteiger partial charge is 0.257 e.